The van der Waals surface area contributed by atoms with E-state index in [4.69, 9.17) is 10.5 Å². The smallest absolute Gasteiger partial charge is 0.412 e. The molecule has 1 aromatic carbocycles. The summed E-state index contributed by atoms with van der Waals surface area (Å²) in [7, 11) is 0. The summed E-state index contributed by atoms with van der Waals surface area (Å²) in [6, 6.07) is 4.17. The number of nitrogens with two attached hydrogens (primary N) is 1. The lowest BCUT2D eigenvalue weighted by Gasteiger charge is -2.11. The van der Waals surface area contributed by atoms with Gasteiger partial charge in [0, 0.05) is 0 Å². The van der Waals surface area contributed by atoms with Gasteiger partial charge in [-0.25, -0.2) is 9.18 Å². The summed E-state index contributed by atoms with van der Waals surface area (Å²) in [5.74, 6) is -0.587. The molecule has 0 radical (unpaired) electrons. The zero-order valence-corrected chi connectivity index (χ0v) is 8.58. The highest BCUT2D eigenvalue weighted by Crippen LogP contribution is 2.21. The van der Waals surface area contributed by atoms with E-state index in [0.717, 1.165) is 0 Å². The average Bonchev–Trinajstić information content (AvgIpc) is 2.10. The van der Waals surface area contributed by atoms with Crippen molar-refractivity contribution in [1.29, 1.82) is 0 Å². The number of para-hydroxylation sites is 1. The molecule has 15 heavy (non-hydrogen) atoms. The Kier molecular flexibility index (Phi) is 3.49. The number of carbonyl (C=O) groups excluding carboxylic acids is 1. The van der Waals surface area contributed by atoms with E-state index >= 15 is 0 Å². The van der Waals surface area contributed by atoms with Crippen molar-refractivity contribution in [2.75, 3.05) is 11.1 Å². The SMILES string of the molecule is CC(C)OC(=O)Nc1c(N)cccc1F. The summed E-state index contributed by atoms with van der Waals surface area (Å²) < 4.78 is 18.0. The first-order valence-electron chi connectivity index (χ1n) is 4.52. The lowest BCUT2D eigenvalue weighted by molar-refractivity contribution is 0.130. The van der Waals surface area contributed by atoms with Crippen molar-refractivity contribution >= 4 is 17.5 Å². The summed E-state index contributed by atoms with van der Waals surface area (Å²) >= 11 is 0. The van der Waals surface area contributed by atoms with E-state index in [2.05, 4.69) is 5.32 Å². The van der Waals surface area contributed by atoms with Crippen LogP contribution in [0.25, 0.3) is 0 Å². The van der Waals surface area contributed by atoms with Crippen LogP contribution < -0.4 is 11.1 Å². The largest absolute Gasteiger partial charge is 0.447 e. The van der Waals surface area contributed by atoms with E-state index in [1.165, 1.54) is 18.2 Å². The van der Waals surface area contributed by atoms with Crippen molar-refractivity contribution < 1.29 is 13.9 Å². The van der Waals surface area contributed by atoms with Crippen molar-refractivity contribution in [3.8, 4) is 0 Å². The van der Waals surface area contributed by atoms with E-state index < -0.39 is 11.9 Å². The van der Waals surface area contributed by atoms with Crippen molar-refractivity contribution in [2.45, 2.75) is 20.0 Å². The van der Waals surface area contributed by atoms with Crippen LogP contribution in [0.3, 0.4) is 0 Å². The zero-order valence-electron chi connectivity index (χ0n) is 8.58. The number of anilines is 2. The van der Waals surface area contributed by atoms with Gasteiger partial charge in [-0.2, -0.15) is 0 Å². The second-order valence-corrected chi connectivity index (χ2v) is 3.28. The molecule has 0 spiro atoms. The molecule has 82 valence electrons. The number of nitrogens with one attached hydrogen (secondary N) is 1. The fraction of sp³-hybridized carbons (Fsp3) is 0.300. The third kappa shape index (κ3) is 3.12. The first kappa shape index (κ1) is 11.3. The molecule has 0 saturated carbocycles. The molecule has 3 N–H and O–H groups in total. The molecular formula is C10H13FN2O2. The molecule has 0 atom stereocenters. The van der Waals surface area contributed by atoms with Crippen molar-refractivity contribution in [1.82, 2.24) is 0 Å². The van der Waals surface area contributed by atoms with Crippen molar-refractivity contribution in [2.24, 2.45) is 0 Å². The summed E-state index contributed by atoms with van der Waals surface area (Å²) in [6.45, 7) is 3.40. The lowest BCUT2D eigenvalue weighted by Crippen LogP contribution is -2.19. The minimum Gasteiger partial charge on any atom is -0.447 e. The van der Waals surface area contributed by atoms with Crippen molar-refractivity contribution in [3.63, 3.8) is 0 Å². The molecule has 0 saturated heterocycles. The van der Waals surface area contributed by atoms with E-state index in [-0.39, 0.29) is 17.5 Å². The monoisotopic (exact) mass is 212 g/mol. The maximum Gasteiger partial charge on any atom is 0.412 e. The van der Waals surface area contributed by atoms with Gasteiger partial charge in [-0.3, -0.25) is 5.32 Å². The Bertz CT molecular complexity index is 346. The maximum absolute atomic E-state index is 13.2. The number of amides is 1. The van der Waals surface area contributed by atoms with Crippen LogP contribution in [-0.4, -0.2) is 12.2 Å². The first-order chi connectivity index (χ1) is 7.00. The summed E-state index contributed by atoms with van der Waals surface area (Å²) in [4.78, 5) is 11.2. The highest BCUT2D eigenvalue weighted by atomic mass is 19.1. The molecule has 5 heteroatoms. The molecule has 0 aliphatic heterocycles. The number of rotatable bonds is 2. The molecule has 0 aromatic heterocycles. The van der Waals surface area contributed by atoms with E-state index in [0.29, 0.717) is 0 Å². The van der Waals surface area contributed by atoms with E-state index in [1.807, 2.05) is 0 Å². The van der Waals surface area contributed by atoms with E-state index in [9.17, 15) is 9.18 Å². The first-order valence-corrected chi connectivity index (χ1v) is 4.52. The molecule has 1 rings (SSSR count). The van der Waals surface area contributed by atoms with Crippen molar-refractivity contribution in [3.05, 3.63) is 24.0 Å². The number of hydrogen-bond acceptors (Lipinski definition) is 3. The Balaban J connectivity index is 2.76. The minimum absolute atomic E-state index is 0.0526. The Hall–Kier alpha value is -1.78. The Labute approximate surface area is 87.2 Å². The molecular weight excluding hydrogens is 199 g/mol. The normalized spacial score (nSPS) is 10.1. The fourth-order valence-electron chi connectivity index (χ4n) is 1.02. The highest BCUT2D eigenvalue weighted by Gasteiger charge is 2.11. The number of hydrogen-bond donors (Lipinski definition) is 2. The van der Waals surface area contributed by atoms with Crippen LogP contribution in [0.4, 0.5) is 20.6 Å². The van der Waals surface area contributed by atoms with Gasteiger partial charge in [0.25, 0.3) is 0 Å². The Morgan fingerprint density at radius 1 is 1.53 bits per heavy atom. The molecule has 1 aromatic rings. The van der Waals surface area contributed by atoms with Crippen LogP contribution in [0.1, 0.15) is 13.8 Å². The molecule has 0 aliphatic carbocycles. The van der Waals surface area contributed by atoms with Crippen LogP contribution in [-0.2, 0) is 4.74 Å². The van der Waals surface area contributed by atoms with Gasteiger partial charge < -0.3 is 10.5 Å². The fourth-order valence-corrected chi connectivity index (χ4v) is 1.02. The van der Waals surface area contributed by atoms with Gasteiger partial charge in [-0.15, -0.1) is 0 Å². The van der Waals surface area contributed by atoms with Gasteiger partial charge in [0.05, 0.1) is 11.8 Å². The van der Waals surface area contributed by atoms with Crippen LogP contribution in [0, 0.1) is 5.82 Å². The second-order valence-electron chi connectivity index (χ2n) is 3.28. The van der Waals surface area contributed by atoms with Gasteiger partial charge in [0.15, 0.2) is 0 Å². The quantitative estimate of drug-likeness (QED) is 0.739. The maximum atomic E-state index is 13.2. The third-order valence-corrected chi connectivity index (χ3v) is 1.62. The van der Waals surface area contributed by atoms with Gasteiger partial charge in [0.2, 0.25) is 0 Å². The number of carbonyl (C=O) groups is 1. The molecule has 0 bridgehead atoms. The Morgan fingerprint density at radius 2 is 2.20 bits per heavy atom. The molecule has 0 fully saturated rings. The van der Waals surface area contributed by atoms with Crippen LogP contribution in [0.15, 0.2) is 18.2 Å². The molecule has 1 amide bonds. The number of benzene rings is 1. The Morgan fingerprint density at radius 3 is 2.73 bits per heavy atom. The van der Waals surface area contributed by atoms with Gasteiger partial charge in [-0.05, 0) is 26.0 Å². The zero-order chi connectivity index (χ0) is 11.4. The topological polar surface area (TPSA) is 64.3 Å². The number of ether oxygens (including phenoxy) is 1. The third-order valence-electron chi connectivity index (χ3n) is 1.62. The van der Waals surface area contributed by atoms with E-state index in [1.54, 1.807) is 13.8 Å². The molecule has 0 aliphatic rings. The van der Waals surface area contributed by atoms with Gasteiger partial charge in [-0.1, -0.05) is 6.07 Å². The summed E-state index contributed by atoms with van der Waals surface area (Å²) in [5, 5.41) is 2.25. The van der Waals surface area contributed by atoms with Crippen LogP contribution >= 0.6 is 0 Å². The summed E-state index contributed by atoms with van der Waals surface area (Å²) in [6.07, 6.45) is -0.986. The van der Waals surface area contributed by atoms with Gasteiger partial charge in [0.1, 0.15) is 11.5 Å². The predicted octanol–water partition coefficient (Wildman–Crippen LogP) is 2.36. The molecule has 4 nitrogen and oxygen atoms in total. The number of nitrogen functional groups attached to an aromatic ring is 1. The van der Waals surface area contributed by atoms with Gasteiger partial charge >= 0.3 is 6.09 Å². The van der Waals surface area contributed by atoms with Crippen LogP contribution in [0.5, 0.6) is 0 Å². The second kappa shape index (κ2) is 4.63. The standard InChI is InChI=1S/C10H13FN2O2/c1-6(2)15-10(14)13-9-7(11)4-3-5-8(9)12/h3-6H,12H2,1-2H3,(H,13,14). The lowest BCUT2D eigenvalue weighted by atomic mass is 10.2. The average molecular weight is 212 g/mol. The minimum atomic E-state index is -0.721. The molecule has 0 unspecified atom stereocenters. The van der Waals surface area contributed by atoms with Crippen LogP contribution in [0.2, 0.25) is 0 Å². The summed E-state index contributed by atoms with van der Waals surface area (Å²) in [5.41, 5.74) is 5.60. The highest BCUT2D eigenvalue weighted by molar-refractivity contribution is 5.89. The molecule has 0 heterocycles. The predicted molar refractivity (Wildman–Crippen MR) is 56.1 cm³/mol. The number of halogens is 1.